The van der Waals surface area contributed by atoms with Gasteiger partial charge in [-0.15, -0.1) is 0 Å². The number of likely N-dealkylation sites (tertiary alicyclic amines) is 1. The van der Waals surface area contributed by atoms with Crippen LogP contribution in [0, 0.1) is 0 Å². The van der Waals surface area contributed by atoms with Gasteiger partial charge in [-0.2, -0.15) is 11.8 Å². The average molecular weight is 289 g/mol. The van der Waals surface area contributed by atoms with Crippen LogP contribution in [0.25, 0.3) is 0 Å². The number of nitrogens with zero attached hydrogens (tertiary/aromatic N) is 1. The molecule has 1 saturated heterocycles. The summed E-state index contributed by atoms with van der Waals surface area (Å²) in [6.45, 7) is 2.53. The molecule has 2 atom stereocenters. The lowest BCUT2D eigenvalue weighted by atomic mass is 10.2. The number of methoxy groups -OCH3 is 1. The second-order valence-electron chi connectivity index (χ2n) is 4.71. The molecule has 1 rings (SSSR count). The fourth-order valence-electron chi connectivity index (χ4n) is 2.13. The molecule has 6 heteroatoms. The van der Waals surface area contributed by atoms with Crippen LogP contribution >= 0.6 is 11.8 Å². The van der Waals surface area contributed by atoms with Crippen molar-refractivity contribution in [3.05, 3.63) is 0 Å². The smallest absolute Gasteiger partial charge is 0.326 e. The zero-order valence-electron chi connectivity index (χ0n) is 11.6. The summed E-state index contributed by atoms with van der Waals surface area (Å²) in [4.78, 5) is 24.6. The van der Waals surface area contributed by atoms with Crippen molar-refractivity contribution < 1.29 is 19.4 Å². The van der Waals surface area contributed by atoms with Crippen molar-refractivity contribution in [2.45, 2.75) is 44.8 Å². The number of unbranched alkanes of at least 4 members (excludes halogenated alkanes) is 1. The molecule has 5 nitrogen and oxygen atoms in total. The standard InChI is InChI=1S/C13H23NO4S/c1-3-4-6-19-7-5-12(15)14-9-10(18-2)8-11(14)13(16)17/h10-11H,3-9H2,1-2H3,(H,16,17). The average Bonchev–Trinajstić information content (AvgIpc) is 2.82. The minimum Gasteiger partial charge on any atom is -0.480 e. The van der Waals surface area contributed by atoms with E-state index in [1.54, 1.807) is 18.9 Å². The maximum atomic E-state index is 12.0. The van der Waals surface area contributed by atoms with Crippen LogP contribution in [0.2, 0.25) is 0 Å². The number of thioether (sulfide) groups is 1. The van der Waals surface area contributed by atoms with Gasteiger partial charge in [0.1, 0.15) is 6.04 Å². The van der Waals surface area contributed by atoms with Crippen LogP contribution in [0.3, 0.4) is 0 Å². The number of ether oxygens (including phenoxy) is 1. The van der Waals surface area contributed by atoms with E-state index in [1.165, 1.54) is 4.90 Å². The molecular weight excluding hydrogens is 266 g/mol. The fourth-order valence-corrected chi connectivity index (χ4v) is 3.15. The number of amides is 1. The summed E-state index contributed by atoms with van der Waals surface area (Å²) in [6, 6.07) is -0.724. The predicted octanol–water partition coefficient (Wildman–Crippen LogP) is 1.61. The van der Waals surface area contributed by atoms with Crippen LogP contribution in [0.15, 0.2) is 0 Å². The van der Waals surface area contributed by atoms with E-state index in [9.17, 15) is 9.59 Å². The summed E-state index contributed by atoms with van der Waals surface area (Å²) >= 11 is 1.75. The third kappa shape index (κ3) is 5.03. The van der Waals surface area contributed by atoms with Crippen LogP contribution < -0.4 is 0 Å². The van der Waals surface area contributed by atoms with E-state index in [1.807, 2.05) is 0 Å². The number of rotatable bonds is 8. The van der Waals surface area contributed by atoms with Crippen LogP contribution in [-0.4, -0.2) is 59.2 Å². The highest BCUT2D eigenvalue weighted by Crippen LogP contribution is 2.21. The van der Waals surface area contributed by atoms with Crippen molar-refractivity contribution in [1.82, 2.24) is 4.90 Å². The molecule has 2 unspecified atom stereocenters. The Labute approximate surface area is 118 Å². The number of carbonyl (C=O) groups is 2. The van der Waals surface area contributed by atoms with E-state index >= 15 is 0 Å². The summed E-state index contributed by atoms with van der Waals surface area (Å²) in [7, 11) is 1.55. The molecule has 1 amide bonds. The van der Waals surface area contributed by atoms with Gasteiger partial charge in [0.2, 0.25) is 5.91 Å². The third-order valence-corrected chi connectivity index (χ3v) is 4.37. The number of carboxylic acid groups (broad SMARTS) is 1. The van der Waals surface area contributed by atoms with Gasteiger partial charge >= 0.3 is 5.97 Å². The summed E-state index contributed by atoms with van der Waals surface area (Å²) in [5.41, 5.74) is 0. The van der Waals surface area contributed by atoms with Gasteiger partial charge in [0, 0.05) is 32.2 Å². The molecule has 0 aromatic heterocycles. The second kappa shape index (κ2) is 8.43. The lowest BCUT2D eigenvalue weighted by molar-refractivity contribution is -0.148. The van der Waals surface area contributed by atoms with Gasteiger partial charge in [0.05, 0.1) is 6.10 Å². The molecule has 19 heavy (non-hydrogen) atoms. The molecule has 110 valence electrons. The molecule has 1 fully saturated rings. The molecule has 0 aliphatic carbocycles. The summed E-state index contributed by atoms with van der Waals surface area (Å²) in [5, 5.41) is 9.13. The molecule has 0 radical (unpaired) electrons. The Morgan fingerprint density at radius 2 is 2.16 bits per heavy atom. The lowest BCUT2D eigenvalue weighted by Crippen LogP contribution is -2.40. The first-order chi connectivity index (χ1) is 9.10. The van der Waals surface area contributed by atoms with Gasteiger partial charge in [-0.3, -0.25) is 4.79 Å². The Hall–Kier alpha value is -0.750. The zero-order valence-corrected chi connectivity index (χ0v) is 12.4. The summed E-state index contributed by atoms with van der Waals surface area (Å²) in [6.07, 6.45) is 2.96. The summed E-state index contributed by atoms with van der Waals surface area (Å²) < 4.78 is 5.17. The van der Waals surface area contributed by atoms with Crippen molar-refractivity contribution in [3.8, 4) is 0 Å². The molecule has 1 aliphatic heterocycles. The SMILES string of the molecule is CCCCSCCC(=O)N1CC(OC)CC1C(=O)O. The van der Waals surface area contributed by atoms with Gasteiger partial charge in [0.25, 0.3) is 0 Å². The molecular formula is C13H23NO4S. The number of carbonyl (C=O) groups excluding carboxylic acids is 1. The second-order valence-corrected chi connectivity index (χ2v) is 5.93. The largest absolute Gasteiger partial charge is 0.480 e. The fraction of sp³-hybridized carbons (Fsp3) is 0.846. The Morgan fingerprint density at radius 1 is 1.42 bits per heavy atom. The van der Waals surface area contributed by atoms with Gasteiger partial charge < -0.3 is 14.7 Å². The first kappa shape index (κ1) is 16.3. The van der Waals surface area contributed by atoms with E-state index in [4.69, 9.17) is 9.84 Å². The predicted molar refractivity (Wildman–Crippen MR) is 75.4 cm³/mol. The molecule has 1 N–H and O–H groups in total. The lowest BCUT2D eigenvalue weighted by Gasteiger charge is -2.21. The monoisotopic (exact) mass is 289 g/mol. The number of carboxylic acids is 1. The molecule has 1 heterocycles. The maximum absolute atomic E-state index is 12.0. The summed E-state index contributed by atoms with van der Waals surface area (Å²) in [5.74, 6) is 0.814. The Balaban J connectivity index is 2.39. The van der Waals surface area contributed by atoms with Crippen molar-refractivity contribution in [2.75, 3.05) is 25.2 Å². The van der Waals surface area contributed by atoms with Gasteiger partial charge in [0.15, 0.2) is 0 Å². The topological polar surface area (TPSA) is 66.8 Å². The molecule has 0 bridgehead atoms. The number of aliphatic carboxylic acids is 1. The molecule has 0 spiro atoms. The van der Waals surface area contributed by atoms with E-state index in [2.05, 4.69) is 6.92 Å². The van der Waals surface area contributed by atoms with Crippen molar-refractivity contribution in [2.24, 2.45) is 0 Å². The highest BCUT2D eigenvalue weighted by Gasteiger charge is 2.39. The van der Waals surface area contributed by atoms with Crippen molar-refractivity contribution in [3.63, 3.8) is 0 Å². The van der Waals surface area contributed by atoms with E-state index in [0.717, 1.165) is 24.3 Å². The minimum absolute atomic E-state index is 0.0732. The van der Waals surface area contributed by atoms with Gasteiger partial charge in [-0.05, 0) is 12.2 Å². The van der Waals surface area contributed by atoms with E-state index in [0.29, 0.717) is 19.4 Å². The molecule has 1 aliphatic rings. The highest BCUT2D eigenvalue weighted by molar-refractivity contribution is 7.99. The zero-order chi connectivity index (χ0) is 14.3. The Bertz CT molecular complexity index is 311. The quantitative estimate of drug-likeness (QED) is 0.688. The minimum atomic E-state index is -0.938. The number of hydrogen-bond acceptors (Lipinski definition) is 4. The van der Waals surface area contributed by atoms with Crippen molar-refractivity contribution in [1.29, 1.82) is 0 Å². The van der Waals surface area contributed by atoms with Crippen LogP contribution in [-0.2, 0) is 14.3 Å². The highest BCUT2D eigenvalue weighted by atomic mass is 32.2. The molecule has 0 saturated carbocycles. The molecule has 0 aromatic rings. The first-order valence-electron chi connectivity index (χ1n) is 6.73. The van der Waals surface area contributed by atoms with Crippen LogP contribution in [0.5, 0.6) is 0 Å². The normalized spacial score (nSPS) is 22.7. The van der Waals surface area contributed by atoms with Crippen LogP contribution in [0.1, 0.15) is 32.6 Å². The maximum Gasteiger partial charge on any atom is 0.326 e. The number of hydrogen-bond donors (Lipinski definition) is 1. The van der Waals surface area contributed by atoms with E-state index < -0.39 is 12.0 Å². The van der Waals surface area contributed by atoms with Crippen molar-refractivity contribution >= 4 is 23.6 Å². The van der Waals surface area contributed by atoms with Gasteiger partial charge in [-0.1, -0.05) is 13.3 Å². The van der Waals surface area contributed by atoms with E-state index in [-0.39, 0.29) is 12.0 Å². The Morgan fingerprint density at radius 3 is 2.74 bits per heavy atom. The Kier molecular flexibility index (Phi) is 7.23. The first-order valence-corrected chi connectivity index (χ1v) is 7.88. The van der Waals surface area contributed by atoms with Crippen LogP contribution in [0.4, 0.5) is 0 Å². The third-order valence-electron chi connectivity index (χ3n) is 3.30. The molecule has 0 aromatic carbocycles. The van der Waals surface area contributed by atoms with Gasteiger partial charge in [-0.25, -0.2) is 4.79 Å².